The van der Waals surface area contributed by atoms with Crippen LogP contribution in [0, 0.1) is 0 Å². The van der Waals surface area contributed by atoms with Crippen LogP contribution in [0.4, 0.5) is 5.69 Å². The highest BCUT2D eigenvalue weighted by atomic mass is 35.5. The van der Waals surface area contributed by atoms with Crippen LogP contribution in [0.5, 0.6) is 5.75 Å². The van der Waals surface area contributed by atoms with E-state index < -0.39 is 0 Å². The molecule has 6 heteroatoms. The first-order valence-corrected chi connectivity index (χ1v) is 8.83. The number of halogens is 1. The number of para-hydroxylation sites is 1. The summed E-state index contributed by atoms with van der Waals surface area (Å²) in [6, 6.07) is 14.5. The van der Waals surface area contributed by atoms with Gasteiger partial charge in [0.05, 0.1) is 18.5 Å². The molecule has 0 unspecified atom stereocenters. The van der Waals surface area contributed by atoms with Crippen molar-refractivity contribution in [2.45, 2.75) is 18.8 Å². The fraction of sp³-hybridized carbons (Fsp3) is 0.200. The standard InChI is InChI=1S/C20H18ClN3O2/c1-26-16-5-3-2-4-15(16)18-19(17(23-24-18)12-6-7-12)22-20(25)13-8-10-14(21)11-9-13/h2-5,8-12H,6-7H2,1H3,(H,22,25)(H,23,24). The summed E-state index contributed by atoms with van der Waals surface area (Å²) in [5, 5.41) is 11.2. The van der Waals surface area contributed by atoms with Crippen LogP contribution < -0.4 is 10.1 Å². The summed E-state index contributed by atoms with van der Waals surface area (Å²) in [7, 11) is 1.62. The number of hydrogen-bond donors (Lipinski definition) is 2. The second-order valence-electron chi connectivity index (χ2n) is 6.30. The summed E-state index contributed by atoms with van der Waals surface area (Å²) in [5.74, 6) is 0.927. The normalized spacial score (nSPS) is 13.5. The minimum Gasteiger partial charge on any atom is -0.496 e. The Bertz CT molecular complexity index is 946. The lowest BCUT2D eigenvalue weighted by Crippen LogP contribution is -2.13. The molecule has 26 heavy (non-hydrogen) atoms. The van der Waals surface area contributed by atoms with Crippen molar-refractivity contribution < 1.29 is 9.53 Å². The number of ether oxygens (including phenoxy) is 1. The molecule has 0 bridgehead atoms. The second-order valence-corrected chi connectivity index (χ2v) is 6.73. The van der Waals surface area contributed by atoms with Gasteiger partial charge in [-0.05, 0) is 49.2 Å². The SMILES string of the molecule is COc1ccccc1-c1n[nH]c(C2CC2)c1NC(=O)c1ccc(Cl)cc1. The smallest absolute Gasteiger partial charge is 0.255 e. The van der Waals surface area contributed by atoms with Gasteiger partial charge in [-0.2, -0.15) is 5.10 Å². The van der Waals surface area contributed by atoms with Gasteiger partial charge in [-0.15, -0.1) is 0 Å². The van der Waals surface area contributed by atoms with Gasteiger partial charge in [-0.25, -0.2) is 0 Å². The molecule has 132 valence electrons. The number of nitrogens with one attached hydrogen (secondary N) is 2. The highest BCUT2D eigenvalue weighted by Crippen LogP contribution is 2.46. The van der Waals surface area contributed by atoms with Crippen molar-refractivity contribution in [3.8, 4) is 17.0 Å². The number of H-pyrrole nitrogens is 1. The zero-order chi connectivity index (χ0) is 18.1. The Hall–Kier alpha value is -2.79. The Morgan fingerprint density at radius 1 is 1.19 bits per heavy atom. The summed E-state index contributed by atoms with van der Waals surface area (Å²) in [4.78, 5) is 12.7. The molecule has 1 aromatic heterocycles. The molecule has 1 saturated carbocycles. The van der Waals surface area contributed by atoms with E-state index >= 15 is 0 Å². The maximum Gasteiger partial charge on any atom is 0.255 e. The molecule has 3 aromatic rings. The minimum atomic E-state index is -0.193. The molecule has 4 rings (SSSR count). The number of aromatic nitrogens is 2. The molecule has 5 nitrogen and oxygen atoms in total. The van der Waals surface area contributed by atoms with Gasteiger partial charge in [0.15, 0.2) is 0 Å². The molecule has 0 spiro atoms. The first-order valence-electron chi connectivity index (χ1n) is 8.46. The maximum absolute atomic E-state index is 12.7. The molecular weight excluding hydrogens is 350 g/mol. The van der Waals surface area contributed by atoms with Crippen LogP contribution in [0.3, 0.4) is 0 Å². The number of rotatable bonds is 5. The summed E-state index contributed by atoms with van der Waals surface area (Å²) in [6.45, 7) is 0. The van der Waals surface area contributed by atoms with E-state index in [4.69, 9.17) is 16.3 Å². The van der Waals surface area contributed by atoms with Crippen LogP contribution in [0.1, 0.15) is 34.8 Å². The quantitative estimate of drug-likeness (QED) is 0.676. The summed E-state index contributed by atoms with van der Waals surface area (Å²) in [6.07, 6.45) is 2.19. The number of methoxy groups -OCH3 is 1. The molecule has 0 atom stereocenters. The third-order valence-electron chi connectivity index (χ3n) is 4.49. The van der Waals surface area contributed by atoms with E-state index in [1.54, 1.807) is 31.4 Å². The van der Waals surface area contributed by atoms with Gasteiger partial charge in [0, 0.05) is 22.1 Å². The van der Waals surface area contributed by atoms with Crippen LogP contribution in [0.2, 0.25) is 5.02 Å². The third kappa shape index (κ3) is 3.18. The van der Waals surface area contributed by atoms with Crippen molar-refractivity contribution in [1.82, 2.24) is 10.2 Å². The number of amides is 1. The Kier molecular flexibility index (Phi) is 4.39. The van der Waals surface area contributed by atoms with Gasteiger partial charge >= 0.3 is 0 Å². The lowest BCUT2D eigenvalue weighted by molar-refractivity contribution is 0.102. The van der Waals surface area contributed by atoms with Gasteiger partial charge in [0.2, 0.25) is 0 Å². The Morgan fingerprint density at radius 3 is 2.62 bits per heavy atom. The monoisotopic (exact) mass is 367 g/mol. The molecule has 1 aliphatic carbocycles. The summed E-state index contributed by atoms with van der Waals surface area (Å²) < 4.78 is 5.46. The predicted molar refractivity (Wildman–Crippen MR) is 102 cm³/mol. The predicted octanol–water partition coefficient (Wildman–Crippen LogP) is 4.87. The largest absolute Gasteiger partial charge is 0.496 e. The molecule has 1 amide bonds. The lowest BCUT2D eigenvalue weighted by atomic mass is 10.1. The van der Waals surface area contributed by atoms with Gasteiger partial charge in [-0.3, -0.25) is 9.89 Å². The van der Waals surface area contributed by atoms with Crippen LogP contribution in [0.25, 0.3) is 11.3 Å². The number of benzene rings is 2. The van der Waals surface area contributed by atoms with E-state index in [9.17, 15) is 4.79 Å². The molecule has 0 aliphatic heterocycles. The first-order chi connectivity index (χ1) is 12.7. The number of hydrogen-bond acceptors (Lipinski definition) is 3. The van der Waals surface area contributed by atoms with E-state index in [1.807, 2.05) is 24.3 Å². The molecule has 2 aromatic carbocycles. The van der Waals surface area contributed by atoms with E-state index in [1.165, 1.54) is 0 Å². The topological polar surface area (TPSA) is 67.0 Å². The zero-order valence-corrected chi connectivity index (χ0v) is 15.0. The first kappa shape index (κ1) is 16.7. The number of nitrogens with zero attached hydrogens (tertiary/aromatic N) is 1. The number of carbonyl (C=O) groups is 1. The molecule has 2 N–H and O–H groups in total. The zero-order valence-electron chi connectivity index (χ0n) is 14.3. The average molecular weight is 368 g/mol. The van der Waals surface area contributed by atoms with Crippen LogP contribution >= 0.6 is 11.6 Å². The Balaban J connectivity index is 1.73. The second kappa shape index (κ2) is 6.84. The summed E-state index contributed by atoms with van der Waals surface area (Å²) >= 11 is 5.91. The average Bonchev–Trinajstić information content (AvgIpc) is 3.43. The van der Waals surface area contributed by atoms with Crippen molar-refractivity contribution in [1.29, 1.82) is 0 Å². The van der Waals surface area contributed by atoms with Crippen molar-refractivity contribution in [2.75, 3.05) is 12.4 Å². The fourth-order valence-corrected chi connectivity index (χ4v) is 3.10. The van der Waals surface area contributed by atoms with Crippen molar-refractivity contribution in [3.05, 3.63) is 64.8 Å². The third-order valence-corrected chi connectivity index (χ3v) is 4.74. The van der Waals surface area contributed by atoms with Crippen molar-refractivity contribution in [3.63, 3.8) is 0 Å². The van der Waals surface area contributed by atoms with Crippen LogP contribution in [-0.4, -0.2) is 23.2 Å². The number of carbonyl (C=O) groups excluding carboxylic acids is 1. The van der Waals surface area contributed by atoms with Crippen LogP contribution in [-0.2, 0) is 0 Å². The minimum absolute atomic E-state index is 0.193. The fourth-order valence-electron chi connectivity index (χ4n) is 2.97. The summed E-state index contributed by atoms with van der Waals surface area (Å²) in [5.41, 5.74) is 3.75. The molecule has 1 fully saturated rings. The molecular formula is C20H18ClN3O2. The van der Waals surface area contributed by atoms with Gasteiger partial charge < -0.3 is 10.1 Å². The van der Waals surface area contributed by atoms with Crippen LogP contribution in [0.15, 0.2) is 48.5 Å². The van der Waals surface area contributed by atoms with Gasteiger partial charge in [0.1, 0.15) is 11.4 Å². The lowest BCUT2D eigenvalue weighted by Gasteiger charge is -2.11. The molecule has 0 saturated heterocycles. The highest BCUT2D eigenvalue weighted by molar-refractivity contribution is 6.30. The van der Waals surface area contributed by atoms with Gasteiger partial charge in [-0.1, -0.05) is 23.7 Å². The van der Waals surface area contributed by atoms with E-state index in [0.29, 0.717) is 27.9 Å². The Labute approximate surface area is 156 Å². The molecule has 1 aliphatic rings. The van der Waals surface area contributed by atoms with Crippen molar-refractivity contribution in [2.24, 2.45) is 0 Å². The van der Waals surface area contributed by atoms with E-state index in [-0.39, 0.29) is 5.91 Å². The Morgan fingerprint density at radius 2 is 1.92 bits per heavy atom. The van der Waals surface area contributed by atoms with Gasteiger partial charge in [0.25, 0.3) is 5.91 Å². The number of anilines is 1. The van der Waals surface area contributed by atoms with E-state index in [0.717, 1.165) is 29.8 Å². The number of aromatic amines is 1. The molecule has 1 heterocycles. The van der Waals surface area contributed by atoms with Crippen molar-refractivity contribution >= 4 is 23.2 Å². The van der Waals surface area contributed by atoms with E-state index in [2.05, 4.69) is 15.5 Å². The molecule has 0 radical (unpaired) electrons. The maximum atomic E-state index is 12.7. The highest BCUT2D eigenvalue weighted by Gasteiger charge is 2.31.